The molecule has 14 rings (SSSR count). The number of rotatable bonds is 15. The minimum absolute atomic E-state index is 0.00555. The van der Waals surface area contributed by atoms with Crippen LogP contribution in [-0.2, 0) is 30.8 Å². The zero-order valence-electron chi connectivity index (χ0n) is 49.9. The summed E-state index contributed by atoms with van der Waals surface area (Å²) in [5.41, 5.74) is 4.57. The van der Waals surface area contributed by atoms with E-state index in [1.54, 1.807) is 19.4 Å². The zero-order chi connectivity index (χ0) is 60.3. The van der Waals surface area contributed by atoms with E-state index < -0.39 is 37.7 Å². The highest BCUT2D eigenvalue weighted by Gasteiger charge is 2.51. The average molecular weight is 1230 g/mol. The smallest absolute Gasteiger partial charge is 0.300 e. The van der Waals surface area contributed by atoms with Gasteiger partial charge in [-0.2, -0.15) is 18.4 Å². The van der Waals surface area contributed by atoms with Gasteiger partial charge in [-0.1, -0.05) is 18.2 Å². The van der Waals surface area contributed by atoms with Crippen molar-refractivity contribution < 1.29 is 51.3 Å². The Morgan fingerprint density at radius 3 is 2.45 bits per heavy atom. The fourth-order valence-electron chi connectivity index (χ4n) is 14.7. The van der Waals surface area contributed by atoms with Gasteiger partial charge in [0.15, 0.2) is 22.3 Å². The van der Waals surface area contributed by atoms with Gasteiger partial charge in [0.05, 0.1) is 73.4 Å². The van der Waals surface area contributed by atoms with Crippen LogP contribution in [0, 0.1) is 21.4 Å². The molecule has 3 N–H and O–H groups in total. The third kappa shape index (κ3) is 11.4. The number of para-hydroxylation sites is 1. The van der Waals surface area contributed by atoms with Crippen molar-refractivity contribution >= 4 is 61.2 Å². The summed E-state index contributed by atoms with van der Waals surface area (Å²) >= 11 is 0. The lowest BCUT2D eigenvalue weighted by molar-refractivity contribution is -0.384. The fourth-order valence-corrected chi connectivity index (χ4v) is 15.6. The molecule has 6 fully saturated rings. The molecule has 2 aromatic carbocycles. The Labute approximate surface area is 511 Å². The molecule has 1 saturated carbocycles. The van der Waals surface area contributed by atoms with E-state index in [0.717, 1.165) is 131 Å². The number of hydrogen-bond donors (Lipinski definition) is 3. The summed E-state index contributed by atoms with van der Waals surface area (Å²) in [6.07, 6.45) is 9.47. The highest BCUT2D eigenvalue weighted by atomic mass is 32.2. The SMILES string of the molecule is COc1cc(CN2CCN(C3CC4(CCN(c5ccc(C(=O)NS(=O)(=O)c6cc([N+](=O)[O-])c7c(n6)OC[C@@H](C6CCOCC6)N7)c(N6c7cc8cc[nH]c8nc7O[C@H]7COCC[C@@H]76)c5)CC4)C3)[C@@H](c3ccccc3OC(C)C)C2)cnc1N1CCOCC1. The molecule has 8 aliphatic rings. The van der Waals surface area contributed by atoms with Crippen LogP contribution >= 0.6 is 0 Å². The number of anilines is 5. The number of benzene rings is 2. The number of methoxy groups -OCH3 is 1. The van der Waals surface area contributed by atoms with Crippen LogP contribution in [0.3, 0.4) is 0 Å². The van der Waals surface area contributed by atoms with Gasteiger partial charge in [0.1, 0.15) is 29.8 Å². The minimum Gasteiger partial charge on any atom is -0.493 e. The van der Waals surface area contributed by atoms with Crippen LogP contribution in [-0.4, -0.2) is 178 Å². The summed E-state index contributed by atoms with van der Waals surface area (Å²) in [6, 6.07) is 20.9. The number of sulfonamides is 1. The van der Waals surface area contributed by atoms with E-state index in [2.05, 4.69) is 88.7 Å². The first-order valence-corrected chi connectivity index (χ1v) is 32.5. The van der Waals surface area contributed by atoms with Crippen LogP contribution in [0.15, 0.2) is 84.1 Å². The van der Waals surface area contributed by atoms with E-state index in [-0.39, 0.29) is 65.9 Å². The van der Waals surface area contributed by atoms with Gasteiger partial charge in [0, 0.05) is 107 Å². The molecule has 24 nitrogen and oxygen atoms in total. The first-order chi connectivity index (χ1) is 42.8. The second-order valence-corrected chi connectivity index (χ2v) is 26.6. The Balaban J connectivity index is 0.721. The normalized spacial score (nSPS) is 23.5. The topological polar surface area (TPSA) is 254 Å². The molecule has 7 aliphatic heterocycles. The predicted octanol–water partition coefficient (Wildman–Crippen LogP) is 7.61. The number of aromatic nitrogens is 4. The molecule has 5 saturated heterocycles. The number of nitrogens with zero attached hydrogens (tertiary/aromatic N) is 9. The Bertz CT molecular complexity index is 3690. The first-order valence-electron chi connectivity index (χ1n) is 31.0. The van der Waals surface area contributed by atoms with Gasteiger partial charge in [-0.05, 0) is 118 Å². The van der Waals surface area contributed by atoms with Crippen LogP contribution in [0.25, 0.3) is 11.0 Å². The molecule has 1 amide bonds. The first kappa shape index (κ1) is 58.2. The van der Waals surface area contributed by atoms with E-state index in [1.165, 1.54) is 5.56 Å². The molecule has 88 heavy (non-hydrogen) atoms. The lowest BCUT2D eigenvalue weighted by Crippen LogP contribution is -2.59. The number of nitrogens with one attached hydrogen (secondary N) is 3. The van der Waals surface area contributed by atoms with Crippen LogP contribution in [0.2, 0.25) is 0 Å². The van der Waals surface area contributed by atoms with E-state index in [0.29, 0.717) is 68.4 Å². The van der Waals surface area contributed by atoms with Crippen LogP contribution in [0.1, 0.15) is 86.3 Å². The maximum absolute atomic E-state index is 15.0. The van der Waals surface area contributed by atoms with Crippen molar-refractivity contribution in [1.29, 1.82) is 0 Å². The van der Waals surface area contributed by atoms with Crippen molar-refractivity contribution in [1.82, 2.24) is 34.5 Å². The Hall–Kier alpha value is -7.55. The number of amides is 1. The number of piperazine rings is 1. The highest BCUT2D eigenvalue weighted by Crippen LogP contribution is 2.54. The Morgan fingerprint density at radius 2 is 1.66 bits per heavy atom. The summed E-state index contributed by atoms with van der Waals surface area (Å²) in [5, 5.41) is 15.9. The van der Waals surface area contributed by atoms with E-state index >= 15 is 0 Å². The van der Waals surface area contributed by atoms with E-state index in [1.807, 2.05) is 30.5 Å². The maximum atomic E-state index is 15.0. The lowest BCUT2D eigenvalue weighted by Gasteiger charge is -2.58. The summed E-state index contributed by atoms with van der Waals surface area (Å²) in [5.74, 6) is 1.86. The van der Waals surface area contributed by atoms with Crippen LogP contribution in [0.5, 0.6) is 23.3 Å². The van der Waals surface area contributed by atoms with Crippen molar-refractivity contribution in [3.05, 3.63) is 106 Å². The molecule has 0 bridgehead atoms. The van der Waals surface area contributed by atoms with E-state index in [9.17, 15) is 23.3 Å². The summed E-state index contributed by atoms with van der Waals surface area (Å²) in [7, 11) is -3.12. The van der Waals surface area contributed by atoms with E-state index in [4.69, 9.17) is 43.1 Å². The molecule has 25 heteroatoms. The number of morpholine rings is 1. The van der Waals surface area contributed by atoms with Crippen molar-refractivity contribution in [3.63, 3.8) is 0 Å². The Kier molecular flexibility index (Phi) is 15.9. The van der Waals surface area contributed by atoms with Gasteiger partial charge in [-0.25, -0.2) is 9.71 Å². The number of H-pyrrole nitrogens is 1. The standard InChI is InChI=1S/C63H76N12O12S/c1-39(2)86-53-7-5-4-6-45(53)52-36-70(35-40-28-54(81-3)59(65-34-40)72-21-26-83-27-22-72)19-20-73(52)44-32-63(33-44)14-17-71(18-15-63)43-8-9-46(49(30-43)74-48-13-25-84-38-55(48)87-61-51(74)29-42-10-16-64-58(42)68-61)60(76)69-88(79,80)56-31-50(75(77)78)57-62(67-56)85-37-47(66-57)41-11-23-82-24-12-41/h4-10,16,28-31,34,39,41,44,47-48,52,55,66H,11-15,17-27,32-33,35-38H2,1-3H3,(H,64,68)(H,69,76)/t47-,48-,52+,55-/m0/s1. The van der Waals surface area contributed by atoms with Gasteiger partial charge in [-0.15, -0.1) is 0 Å². The molecule has 1 spiro atoms. The molecule has 466 valence electrons. The number of nitro groups is 1. The molecule has 6 aromatic rings. The summed E-state index contributed by atoms with van der Waals surface area (Å²) in [4.78, 5) is 56.1. The highest BCUT2D eigenvalue weighted by molar-refractivity contribution is 7.90. The lowest BCUT2D eigenvalue weighted by atomic mass is 9.59. The van der Waals surface area contributed by atoms with Crippen molar-refractivity contribution in [2.75, 3.05) is 119 Å². The number of aromatic amines is 1. The third-order valence-electron chi connectivity index (χ3n) is 19.3. The molecular weight excluding hydrogens is 1150 g/mol. The Morgan fingerprint density at radius 1 is 0.864 bits per heavy atom. The van der Waals surface area contributed by atoms with Crippen molar-refractivity contribution in [2.24, 2.45) is 11.3 Å². The second-order valence-electron chi connectivity index (χ2n) is 25.0. The summed E-state index contributed by atoms with van der Waals surface area (Å²) in [6.45, 7) is 14.0. The number of fused-ring (bicyclic) bond motifs is 4. The van der Waals surface area contributed by atoms with Gasteiger partial charge in [0.25, 0.3) is 15.9 Å². The number of carbonyl (C=O) groups is 1. The summed E-state index contributed by atoms with van der Waals surface area (Å²) < 4.78 is 73.2. The number of hydrogen-bond acceptors (Lipinski definition) is 21. The fraction of sp³-hybridized carbons (Fsp3) is 0.524. The molecule has 4 atom stereocenters. The molecule has 11 heterocycles. The number of pyridine rings is 3. The average Bonchev–Trinajstić information content (AvgIpc) is 1.11. The maximum Gasteiger partial charge on any atom is 0.300 e. The largest absolute Gasteiger partial charge is 0.493 e. The van der Waals surface area contributed by atoms with Gasteiger partial charge in [0.2, 0.25) is 11.8 Å². The molecule has 1 aliphatic carbocycles. The number of piperidine rings is 1. The molecule has 0 radical (unpaired) electrons. The van der Waals surface area contributed by atoms with Crippen LogP contribution < -0.4 is 43.7 Å². The quantitative estimate of drug-likeness (QED) is 0.0660. The molecule has 4 aromatic heterocycles. The second kappa shape index (κ2) is 24.1. The zero-order valence-corrected chi connectivity index (χ0v) is 50.8. The van der Waals surface area contributed by atoms with Crippen LogP contribution in [0.4, 0.5) is 34.3 Å². The monoisotopic (exact) mass is 1220 g/mol. The van der Waals surface area contributed by atoms with Gasteiger partial charge in [-0.3, -0.25) is 24.7 Å². The molecular formula is C63H76N12O12S. The predicted molar refractivity (Wildman–Crippen MR) is 328 cm³/mol. The number of carbonyl (C=O) groups excluding carboxylic acids is 1. The third-order valence-corrected chi connectivity index (χ3v) is 20.5. The molecule has 0 unspecified atom stereocenters. The van der Waals surface area contributed by atoms with Gasteiger partial charge >= 0.3 is 5.69 Å². The number of ether oxygens (including phenoxy) is 7. The minimum atomic E-state index is -4.84. The van der Waals surface area contributed by atoms with Crippen molar-refractivity contribution in [3.8, 4) is 23.3 Å². The van der Waals surface area contributed by atoms with Gasteiger partial charge < -0.3 is 58.2 Å². The van der Waals surface area contributed by atoms with Crippen molar-refractivity contribution in [2.45, 2.75) is 107 Å².